The lowest BCUT2D eigenvalue weighted by Crippen LogP contribution is -2.22. The molecular formula is C25H23N3O3. The fourth-order valence-corrected chi connectivity index (χ4v) is 3.28. The van der Waals surface area contributed by atoms with Crippen molar-refractivity contribution >= 4 is 5.91 Å². The van der Waals surface area contributed by atoms with E-state index in [1.54, 1.807) is 32.4 Å². The van der Waals surface area contributed by atoms with Gasteiger partial charge in [-0.25, -0.2) is 4.98 Å². The first-order valence-corrected chi connectivity index (χ1v) is 9.87. The second-order valence-electron chi connectivity index (χ2n) is 7.00. The number of methoxy groups -OCH3 is 2. The molecule has 2 N–H and O–H groups in total. The van der Waals surface area contributed by atoms with E-state index in [9.17, 15) is 4.79 Å². The summed E-state index contributed by atoms with van der Waals surface area (Å²) >= 11 is 0. The number of carbonyl (C=O) groups is 1. The third-order valence-electron chi connectivity index (χ3n) is 4.93. The van der Waals surface area contributed by atoms with Gasteiger partial charge in [0.1, 0.15) is 17.3 Å². The van der Waals surface area contributed by atoms with Gasteiger partial charge >= 0.3 is 0 Å². The first-order chi connectivity index (χ1) is 15.2. The van der Waals surface area contributed by atoms with Crippen molar-refractivity contribution in [1.29, 1.82) is 0 Å². The van der Waals surface area contributed by atoms with Crippen molar-refractivity contribution in [1.82, 2.24) is 15.3 Å². The van der Waals surface area contributed by atoms with E-state index in [0.29, 0.717) is 23.6 Å². The van der Waals surface area contributed by atoms with Gasteiger partial charge in [0.25, 0.3) is 5.91 Å². The molecule has 0 saturated heterocycles. The first-order valence-electron chi connectivity index (χ1n) is 9.87. The Hall–Kier alpha value is -4.06. The van der Waals surface area contributed by atoms with Crippen LogP contribution in [0.2, 0.25) is 0 Å². The second kappa shape index (κ2) is 9.17. The normalized spacial score (nSPS) is 10.5. The van der Waals surface area contributed by atoms with Crippen LogP contribution >= 0.6 is 0 Å². The summed E-state index contributed by atoms with van der Waals surface area (Å²) in [6.45, 7) is 0.387. The average molecular weight is 413 g/mol. The number of nitrogens with zero attached hydrogens (tertiary/aromatic N) is 1. The van der Waals surface area contributed by atoms with Crippen molar-refractivity contribution < 1.29 is 14.3 Å². The standard InChI is InChI=1S/C25H23N3O3/c1-30-21-12-20(13-22(14-21)31-2)25(29)27-15-17-7-6-10-19(11-17)24-26-16-23(28-24)18-8-4-3-5-9-18/h3-14,16H,15H2,1-2H3,(H,26,28)(H,27,29). The summed E-state index contributed by atoms with van der Waals surface area (Å²) in [6.07, 6.45) is 1.83. The van der Waals surface area contributed by atoms with Crippen molar-refractivity contribution in [2.24, 2.45) is 0 Å². The number of benzene rings is 3. The Morgan fingerprint density at radius 1 is 0.903 bits per heavy atom. The maximum atomic E-state index is 12.6. The van der Waals surface area contributed by atoms with E-state index in [1.165, 1.54) is 0 Å². The van der Waals surface area contributed by atoms with Gasteiger partial charge in [-0.3, -0.25) is 4.79 Å². The minimum Gasteiger partial charge on any atom is -0.497 e. The molecule has 1 aromatic heterocycles. The maximum Gasteiger partial charge on any atom is 0.251 e. The quantitative estimate of drug-likeness (QED) is 0.461. The second-order valence-corrected chi connectivity index (χ2v) is 7.00. The van der Waals surface area contributed by atoms with Gasteiger partial charge in [0, 0.05) is 23.7 Å². The van der Waals surface area contributed by atoms with Crippen molar-refractivity contribution in [3.05, 3.63) is 90.1 Å². The van der Waals surface area contributed by atoms with Crippen molar-refractivity contribution in [2.45, 2.75) is 6.54 Å². The molecule has 4 aromatic rings. The number of amides is 1. The zero-order valence-electron chi connectivity index (χ0n) is 17.4. The van der Waals surface area contributed by atoms with E-state index in [2.05, 4.69) is 15.3 Å². The van der Waals surface area contributed by atoms with E-state index in [-0.39, 0.29) is 5.91 Å². The van der Waals surface area contributed by atoms with E-state index in [1.807, 2.05) is 60.8 Å². The highest BCUT2D eigenvalue weighted by atomic mass is 16.5. The number of aromatic nitrogens is 2. The minimum absolute atomic E-state index is 0.202. The van der Waals surface area contributed by atoms with Gasteiger partial charge in [0.2, 0.25) is 0 Å². The zero-order valence-corrected chi connectivity index (χ0v) is 17.4. The predicted molar refractivity (Wildman–Crippen MR) is 120 cm³/mol. The number of carbonyl (C=O) groups excluding carboxylic acids is 1. The molecule has 156 valence electrons. The molecule has 0 aliphatic rings. The number of imidazole rings is 1. The lowest BCUT2D eigenvalue weighted by Gasteiger charge is -2.10. The SMILES string of the molecule is COc1cc(OC)cc(C(=O)NCc2cccc(-c3ncc(-c4ccccc4)[nH]3)c2)c1. The Bertz CT molecular complexity index is 1160. The van der Waals surface area contributed by atoms with Crippen molar-refractivity contribution in [3.63, 3.8) is 0 Å². The molecule has 1 amide bonds. The number of nitrogens with one attached hydrogen (secondary N) is 2. The van der Waals surface area contributed by atoms with Gasteiger partial charge < -0.3 is 19.8 Å². The summed E-state index contributed by atoms with van der Waals surface area (Å²) in [5, 5.41) is 2.95. The summed E-state index contributed by atoms with van der Waals surface area (Å²) in [7, 11) is 3.11. The van der Waals surface area contributed by atoms with E-state index >= 15 is 0 Å². The number of H-pyrrole nitrogens is 1. The van der Waals surface area contributed by atoms with Gasteiger partial charge in [0.15, 0.2) is 0 Å². The molecule has 31 heavy (non-hydrogen) atoms. The third kappa shape index (κ3) is 4.75. The molecule has 3 aromatic carbocycles. The van der Waals surface area contributed by atoms with E-state index in [0.717, 1.165) is 28.2 Å². The van der Waals surface area contributed by atoms with Crippen LogP contribution in [0, 0.1) is 0 Å². The molecule has 0 unspecified atom stereocenters. The summed E-state index contributed by atoms with van der Waals surface area (Å²) in [6, 6.07) is 23.1. The number of rotatable bonds is 7. The van der Waals surface area contributed by atoms with E-state index in [4.69, 9.17) is 9.47 Å². The highest BCUT2D eigenvalue weighted by Crippen LogP contribution is 2.24. The van der Waals surface area contributed by atoms with Crippen LogP contribution in [0.4, 0.5) is 0 Å². The Morgan fingerprint density at radius 3 is 2.32 bits per heavy atom. The van der Waals surface area contributed by atoms with Crippen LogP contribution < -0.4 is 14.8 Å². The molecule has 0 spiro atoms. The van der Waals surface area contributed by atoms with Crippen LogP contribution in [0.3, 0.4) is 0 Å². The topological polar surface area (TPSA) is 76.2 Å². The summed E-state index contributed by atoms with van der Waals surface area (Å²) in [4.78, 5) is 20.5. The lowest BCUT2D eigenvalue weighted by molar-refractivity contribution is 0.0950. The molecule has 0 aliphatic carbocycles. The third-order valence-corrected chi connectivity index (χ3v) is 4.93. The van der Waals surface area contributed by atoms with Crippen LogP contribution in [0.1, 0.15) is 15.9 Å². The summed E-state index contributed by atoms with van der Waals surface area (Å²) in [5.74, 6) is 1.72. The summed E-state index contributed by atoms with van der Waals surface area (Å²) < 4.78 is 10.5. The largest absolute Gasteiger partial charge is 0.497 e. The minimum atomic E-state index is -0.202. The zero-order chi connectivity index (χ0) is 21.6. The maximum absolute atomic E-state index is 12.6. The fourth-order valence-electron chi connectivity index (χ4n) is 3.28. The molecule has 0 atom stereocenters. The Balaban J connectivity index is 1.47. The average Bonchev–Trinajstić information content (AvgIpc) is 3.33. The smallest absolute Gasteiger partial charge is 0.251 e. The Morgan fingerprint density at radius 2 is 1.61 bits per heavy atom. The molecule has 4 rings (SSSR count). The van der Waals surface area contributed by atoms with Crippen LogP contribution in [-0.4, -0.2) is 30.1 Å². The van der Waals surface area contributed by atoms with Crippen LogP contribution in [0.5, 0.6) is 11.5 Å². The van der Waals surface area contributed by atoms with Crippen molar-refractivity contribution in [2.75, 3.05) is 14.2 Å². The van der Waals surface area contributed by atoms with Gasteiger partial charge in [-0.1, -0.05) is 48.5 Å². The van der Waals surface area contributed by atoms with Crippen LogP contribution in [0.15, 0.2) is 79.0 Å². The van der Waals surface area contributed by atoms with Gasteiger partial charge in [-0.15, -0.1) is 0 Å². The molecule has 1 heterocycles. The molecular weight excluding hydrogens is 390 g/mol. The van der Waals surface area contributed by atoms with Gasteiger partial charge in [-0.2, -0.15) is 0 Å². The first kappa shape index (κ1) is 20.2. The summed E-state index contributed by atoms with van der Waals surface area (Å²) in [5.41, 5.74) is 4.45. The Kier molecular flexibility index (Phi) is 5.98. The molecule has 0 saturated carbocycles. The van der Waals surface area contributed by atoms with Crippen molar-refractivity contribution in [3.8, 4) is 34.1 Å². The van der Waals surface area contributed by atoms with Crippen LogP contribution in [-0.2, 0) is 6.54 Å². The van der Waals surface area contributed by atoms with Gasteiger partial charge in [-0.05, 0) is 29.3 Å². The number of hydrogen-bond acceptors (Lipinski definition) is 4. The molecule has 0 aliphatic heterocycles. The molecule has 0 fully saturated rings. The molecule has 6 nitrogen and oxygen atoms in total. The number of ether oxygens (including phenoxy) is 2. The number of hydrogen-bond donors (Lipinski definition) is 2. The predicted octanol–water partition coefficient (Wildman–Crippen LogP) is 4.69. The lowest BCUT2D eigenvalue weighted by atomic mass is 10.1. The van der Waals surface area contributed by atoms with E-state index < -0.39 is 0 Å². The monoisotopic (exact) mass is 413 g/mol. The fraction of sp³-hybridized carbons (Fsp3) is 0.120. The number of aromatic amines is 1. The van der Waals surface area contributed by atoms with Gasteiger partial charge in [0.05, 0.1) is 26.1 Å². The molecule has 0 radical (unpaired) electrons. The van der Waals surface area contributed by atoms with Crippen LogP contribution in [0.25, 0.3) is 22.6 Å². The molecule has 0 bridgehead atoms. The Labute approximate surface area is 180 Å². The highest BCUT2D eigenvalue weighted by molar-refractivity contribution is 5.95. The highest BCUT2D eigenvalue weighted by Gasteiger charge is 2.11. The molecule has 6 heteroatoms.